The van der Waals surface area contributed by atoms with E-state index < -0.39 is 0 Å². The van der Waals surface area contributed by atoms with Gasteiger partial charge in [0.15, 0.2) is 0 Å². The van der Waals surface area contributed by atoms with Crippen LogP contribution < -0.4 is 10.1 Å². The highest BCUT2D eigenvalue weighted by Crippen LogP contribution is 2.25. The Labute approximate surface area is 168 Å². The highest BCUT2D eigenvalue weighted by atomic mass is 16.5. The van der Waals surface area contributed by atoms with E-state index in [1.165, 1.54) is 24.8 Å². The van der Waals surface area contributed by atoms with Crippen molar-refractivity contribution in [1.82, 2.24) is 4.90 Å². The Hall–Kier alpha value is -2.75. The predicted octanol–water partition coefficient (Wildman–Crippen LogP) is 5.97. The van der Waals surface area contributed by atoms with Crippen LogP contribution in [-0.2, 0) is 0 Å². The number of urea groups is 1. The lowest BCUT2D eigenvalue weighted by Crippen LogP contribution is -2.44. The Balaban J connectivity index is 1.75. The summed E-state index contributed by atoms with van der Waals surface area (Å²) in [5.41, 5.74) is 3.10. The van der Waals surface area contributed by atoms with Gasteiger partial charge in [-0.15, -0.1) is 0 Å². The van der Waals surface area contributed by atoms with Gasteiger partial charge in [0.25, 0.3) is 0 Å². The van der Waals surface area contributed by atoms with Gasteiger partial charge in [0.1, 0.15) is 5.75 Å². The molecule has 0 saturated heterocycles. The Morgan fingerprint density at radius 3 is 2.57 bits per heavy atom. The minimum absolute atomic E-state index is 0.0408. The third kappa shape index (κ3) is 5.62. The summed E-state index contributed by atoms with van der Waals surface area (Å²) < 4.78 is 5.27. The molecule has 0 unspecified atom stereocenters. The van der Waals surface area contributed by atoms with Crippen LogP contribution in [0.1, 0.15) is 44.6 Å². The van der Waals surface area contributed by atoms with Gasteiger partial charge in [-0.25, -0.2) is 4.79 Å². The van der Waals surface area contributed by atoms with Crippen molar-refractivity contribution < 1.29 is 9.53 Å². The van der Waals surface area contributed by atoms with E-state index in [0.717, 1.165) is 29.8 Å². The molecule has 28 heavy (non-hydrogen) atoms. The molecule has 0 bridgehead atoms. The van der Waals surface area contributed by atoms with Crippen molar-refractivity contribution >= 4 is 17.8 Å². The van der Waals surface area contributed by atoms with Crippen molar-refractivity contribution in [2.75, 3.05) is 19.0 Å². The summed E-state index contributed by atoms with van der Waals surface area (Å²) in [6.45, 7) is 2.73. The van der Waals surface area contributed by atoms with E-state index in [2.05, 4.69) is 30.4 Å². The normalized spacial score (nSPS) is 15.1. The average Bonchev–Trinajstić information content (AvgIpc) is 2.73. The highest BCUT2D eigenvalue weighted by molar-refractivity contribution is 5.90. The molecule has 4 nitrogen and oxygen atoms in total. The fourth-order valence-corrected chi connectivity index (χ4v) is 3.80. The van der Waals surface area contributed by atoms with Gasteiger partial charge in [0.2, 0.25) is 0 Å². The molecule has 0 radical (unpaired) electrons. The number of nitrogens with zero attached hydrogens (tertiary/aromatic N) is 1. The maximum atomic E-state index is 13.1. The standard InChI is InChI=1S/C24H30N2O2/c1-19(16-20-10-5-3-6-11-20)18-26(22-13-7-4-8-14-22)24(27)25-21-12-9-15-23(17-21)28-2/h3,5-6,9-12,15-17,22H,4,7-8,13-14,18H2,1-2H3,(H,25,27)/b19-16+. The van der Waals surface area contributed by atoms with E-state index in [1.54, 1.807) is 7.11 Å². The van der Waals surface area contributed by atoms with E-state index >= 15 is 0 Å². The van der Waals surface area contributed by atoms with Crippen LogP contribution in [0.25, 0.3) is 6.08 Å². The van der Waals surface area contributed by atoms with Gasteiger partial charge in [-0.3, -0.25) is 0 Å². The third-order valence-electron chi connectivity index (χ3n) is 5.23. The molecule has 0 atom stereocenters. The first kappa shape index (κ1) is 20.0. The van der Waals surface area contributed by atoms with Crippen LogP contribution in [0.5, 0.6) is 5.75 Å². The van der Waals surface area contributed by atoms with Crippen molar-refractivity contribution in [3.63, 3.8) is 0 Å². The Bertz CT molecular complexity index is 795. The third-order valence-corrected chi connectivity index (χ3v) is 5.23. The van der Waals surface area contributed by atoms with Crippen LogP contribution in [0.15, 0.2) is 60.2 Å². The van der Waals surface area contributed by atoms with Crippen molar-refractivity contribution in [3.05, 3.63) is 65.7 Å². The van der Waals surface area contributed by atoms with Gasteiger partial charge in [0.05, 0.1) is 7.11 Å². The molecule has 148 valence electrons. The summed E-state index contributed by atoms with van der Waals surface area (Å²) in [5, 5.41) is 3.06. The Morgan fingerprint density at radius 1 is 1.11 bits per heavy atom. The molecule has 0 aliphatic heterocycles. The zero-order valence-corrected chi connectivity index (χ0v) is 16.9. The lowest BCUT2D eigenvalue weighted by Gasteiger charge is -2.34. The minimum Gasteiger partial charge on any atom is -0.497 e. The fourth-order valence-electron chi connectivity index (χ4n) is 3.80. The number of benzene rings is 2. The molecule has 2 amide bonds. The topological polar surface area (TPSA) is 41.6 Å². The molecule has 1 saturated carbocycles. The summed E-state index contributed by atoms with van der Waals surface area (Å²) in [6.07, 6.45) is 7.95. The number of anilines is 1. The van der Waals surface area contributed by atoms with Gasteiger partial charge >= 0.3 is 6.03 Å². The van der Waals surface area contributed by atoms with E-state index in [-0.39, 0.29) is 6.03 Å². The lowest BCUT2D eigenvalue weighted by molar-refractivity contribution is 0.174. The van der Waals surface area contributed by atoms with Crippen LogP contribution in [0.3, 0.4) is 0 Å². The zero-order valence-electron chi connectivity index (χ0n) is 16.9. The summed E-state index contributed by atoms with van der Waals surface area (Å²) in [7, 11) is 1.63. The van der Waals surface area contributed by atoms with Crippen LogP contribution in [0, 0.1) is 0 Å². The molecule has 1 aliphatic carbocycles. The number of carbonyl (C=O) groups excluding carboxylic acids is 1. The molecule has 0 aromatic heterocycles. The van der Waals surface area contributed by atoms with Crippen LogP contribution in [0.2, 0.25) is 0 Å². The fraction of sp³-hybridized carbons (Fsp3) is 0.375. The number of amides is 2. The first-order valence-corrected chi connectivity index (χ1v) is 10.1. The molecule has 4 heteroatoms. The number of methoxy groups -OCH3 is 1. The summed E-state index contributed by atoms with van der Waals surface area (Å²) >= 11 is 0. The quantitative estimate of drug-likeness (QED) is 0.673. The minimum atomic E-state index is -0.0408. The summed E-state index contributed by atoms with van der Waals surface area (Å²) in [5.74, 6) is 0.738. The molecule has 0 heterocycles. The SMILES string of the molecule is COc1cccc(NC(=O)N(C/C(C)=C/c2ccccc2)C2CCCCC2)c1. The molecule has 1 aliphatic rings. The van der Waals surface area contributed by atoms with Crippen molar-refractivity contribution in [2.24, 2.45) is 0 Å². The monoisotopic (exact) mass is 378 g/mol. The molecule has 2 aromatic carbocycles. The van der Waals surface area contributed by atoms with Gasteiger partial charge in [0, 0.05) is 24.3 Å². The molecule has 2 aromatic rings. The van der Waals surface area contributed by atoms with Crippen molar-refractivity contribution in [2.45, 2.75) is 45.1 Å². The Morgan fingerprint density at radius 2 is 1.86 bits per heavy atom. The second-order valence-corrected chi connectivity index (χ2v) is 7.48. The molecule has 1 fully saturated rings. The molecular formula is C24H30N2O2. The van der Waals surface area contributed by atoms with Crippen LogP contribution in [-0.4, -0.2) is 30.6 Å². The summed E-state index contributed by atoms with van der Waals surface area (Å²) in [6, 6.07) is 18.0. The predicted molar refractivity (Wildman–Crippen MR) is 116 cm³/mol. The highest BCUT2D eigenvalue weighted by Gasteiger charge is 2.25. The van der Waals surface area contributed by atoms with E-state index in [0.29, 0.717) is 12.6 Å². The molecule has 1 N–H and O–H groups in total. The number of carbonyl (C=O) groups is 1. The second kappa shape index (κ2) is 9.98. The molecular weight excluding hydrogens is 348 g/mol. The van der Waals surface area contributed by atoms with Gasteiger partial charge in [-0.1, -0.05) is 67.3 Å². The number of rotatable bonds is 6. The largest absolute Gasteiger partial charge is 0.497 e. The maximum absolute atomic E-state index is 13.1. The van der Waals surface area contributed by atoms with Gasteiger partial charge < -0.3 is 15.0 Å². The smallest absolute Gasteiger partial charge is 0.322 e. The van der Waals surface area contributed by atoms with Crippen molar-refractivity contribution in [3.8, 4) is 5.75 Å². The maximum Gasteiger partial charge on any atom is 0.322 e. The van der Waals surface area contributed by atoms with E-state index in [9.17, 15) is 4.79 Å². The second-order valence-electron chi connectivity index (χ2n) is 7.48. The van der Waals surface area contributed by atoms with E-state index in [1.807, 2.05) is 47.4 Å². The van der Waals surface area contributed by atoms with Crippen LogP contribution in [0.4, 0.5) is 10.5 Å². The Kier molecular flexibility index (Phi) is 7.12. The number of nitrogens with one attached hydrogen (secondary N) is 1. The van der Waals surface area contributed by atoms with Crippen LogP contribution >= 0.6 is 0 Å². The zero-order chi connectivity index (χ0) is 19.8. The number of ether oxygens (including phenoxy) is 1. The van der Waals surface area contributed by atoms with Crippen molar-refractivity contribution in [1.29, 1.82) is 0 Å². The lowest BCUT2D eigenvalue weighted by atomic mass is 9.94. The number of hydrogen-bond donors (Lipinski definition) is 1. The average molecular weight is 379 g/mol. The van der Waals surface area contributed by atoms with E-state index in [4.69, 9.17) is 4.74 Å². The van der Waals surface area contributed by atoms with Gasteiger partial charge in [-0.05, 0) is 37.5 Å². The molecule has 0 spiro atoms. The van der Waals surface area contributed by atoms with Gasteiger partial charge in [-0.2, -0.15) is 0 Å². The summed E-state index contributed by atoms with van der Waals surface area (Å²) in [4.78, 5) is 15.2. The first-order valence-electron chi connectivity index (χ1n) is 10.1. The first-order chi connectivity index (χ1) is 13.7. The molecule has 3 rings (SSSR count). The number of hydrogen-bond acceptors (Lipinski definition) is 2.